The van der Waals surface area contributed by atoms with E-state index >= 15 is 0 Å². The number of nitrogens with zero attached hydrogens (tertiary/aromatic N) is 3. The monoisotopic (exact) mass is 361 g/mol. The van der Waals surface area contributed by atoms with Gasteiger partial charge in [-0.15, -0.1) is 11.8 Å². The first kappa shape index (κ1) is 18.7. The van der Waals surface area contributed by atoms with Crippen LogP contribution in [0, 0.1) is 0 Å². The van der Waals surface area contributed by atoms with Crippen LogP contribution in [-0.4, -0.2) is 72.2 Å². The van der Waals surface area contributed by atoms with Crippen molar-refractivity contribution in [1.82, 2.24) is 14.7 Å². The molecule has 1 aromatic carbocycles. The second kappa shape index (κ2) is 8.11. The van der Waals surface area contributed by atoms with Crippen LogP contribution in [-0.2, 0) is 11.3 Å². The molecule has 4 nitrogen and oxygen atoms in total. The molecule has 1 spiro atoms. The summed E-state index contributed by atoms with van der Waals surface area (Å²) in [5, 5.41) is 0. The quantitative estimate of drug-likeness (QED) is 0.771. The van der Waals surface area contributed by atoms with Crippen LogP contribution >= 0.6 is 11.8 Å². The van der Waals surface area contributed by atoms with E-state index in [2.05, 4.69) is 54.3 Å². The highest BCUT2D eigenvalue weighted by Crippen LogP contribution is 2.33. The number of carbonyl (C=O) groups excluding carboxylic acids is 1. The van der Waals surface area contributed by atoms with Gasteiger partial charge < -0.3 is 4.90 Å². The molecule has 1 amide bonds. The molecule has 0 aromatic heterocycles. The summed E-state index contributed by atoms with van der Waals surface area (Å²) in [7, 11) is 2.25. The van der Waals surface area contributed by atoms with E-state index < -0.39 is 0 Å². The Kier molecular flexibility index (Phi) is 6.08. The Balaban J connectivity index is 1.74. The van der Waals surface area contributed by atoms with E-state index in [9.17, 15) is 4.79 Å². The maximum absolute atomic E-state index is 12.3. The molecule has 25 heavy (non-hydrogen) atoms. The largest absolute Gasteiger partial charge is 0.343 e. The van der Waals surface area contributed by atoms with Gasteiger partial charge in [-0.3, -0.25) is 14.6 Å². The van der Waals surface area contributed by atoms with Crippen LogP contribution in [0.2, 0.25) is 0 Å². The fourth-order valence-corrected chi connectivity index (χ4v) is 4.93. The highest BCUT2D eigenvalue weighted by atomic mass is 32.2. The van der Waals surface area contributed by atoms with Crippen LogP contribution in [0.1, 0.15) is 31.7 Å². The number of hydrogen-bond acceptors (Lipinski definition) is 4. The Morgan fingerprint density at radius 2 is 1.96 bits per heavy atom. The molecule has 0 bridgehead atoms. The van der Waals surface area contributed by atoms with Gasteiger partial charge in [0.25, 0.3) is 0 Å². The summed E-state index contributed by atoms with van der Waals surface area (Å²) in [6, 6.07) is 8.74. The summed E-state index contributed by atoms with van der Waals surface area (Å²) in [6.45, 7) is 8.09. The van der Waals surface area contributed by atoms with Crippen molar-refractivity contribution >= 4 is 17.7 Å². The van der Waals surface area contributed by atoms with Crippen LogP contribution in [0.4, 0.5) is 0 Å². The second-order valence-electron chi connectivity index (χ2n) is 7.39. The maximum atomic E-state index is 12.3. The van der Waals surface area contributed by atoms with Crippen molar-refractivity contribution in [2.24, 2.45) is 0 Å². The third-order valence-electron chi connectivity index (χ3n) is 6.05. The Bertz CT molecular complexity index is 608. The van der Waals surface area contributed by atoms with Crippen molar-refractivity contribution in [1.29, 1.82) is 0 Å². The van der Waals surface area contributed by atoms with Gasteiger partial charge in [0.1, 0.15) is 0 Å². The van der Waals surface area contributed by atoms with Crippen LogP contribution in [0.15, 0.2) is 29.2 Å². The van der Waals surface area contributed by atoms with E-state index in [0.717, 1.165) is 52.1 Å². The molecule has 2 fully saturated rings. The van der Waals surface area contributed by atoms with Crippen molar-refractivity contribution in [2.75, 3.05) is 46.0 Å². The Morgan fingerprint density at radius 3 is 2.72 bits per heavy atom. The van der Waals surface area contributed by atoms with Gasteiger partial charge in [-0.25, -0.2) is 0 Å². The van der Waals surface area contributed by atoms with Gasteiger partial charge in [0.15, 0.2) is 0 Å². The van der Waals surface area contributed by atoms with Crippen LogP contribution in [0.3, 0.4) is 0 Å². The van der Waals surface area contributed by atoms with Gasteiger partial charge in [0.2, 0.25) is 5.91 Å². The number of carbonyl (C=O) groups is 1. The minimum atomic E-state index is 0.145. The summed E-state index contributed by atoms with van der Waals surface area (Å²) in [5.74, 6) is 0.331. The number of rotatable bonds is 4. The number of amides is 1. The second-order valence-corrected chi connectivity index (χ2v) is 8.24. The molecule has 0 radical (unpaired) electrons. The minimum absolute atomic E-state index is 0.145. The van der Waals surface area contributed by atoms with E-state index in [1.807, 2.05) is 16.7 Å². The third kappa shape index (κ3) is 4.04. The molecule has 5 heteroatoms. The summed E-state index contributed by atoms with van der Waals surface area (Å²) in [4.78, 5) is 20.9. The molecule has 1 aromatic rings. The summed E-state index contributed by atoms with van der Waals surface area (Å²) < 4.78 is 0. The first-order chi connectivity index (χ1) is 12.1. The van der Waals surface area contributed by atoms with Crippen molar-refractivity contribution in [3.8, 4) is 0 Å². The highest BCUT2D eigenvalue weighted by Gasteiger charge is 2.42. The molecule has 2 aliphatic rings. The lowest BCUT2D eigenvalue weighted by molar-refractivity contribution is -0.130. The van der Waals surface area contributed by atoms with E-state index in [1.165, 1.54) is 10.5 Å². The molecule has 138 valence electrons. The number of likely N-dealkylation sites (tertiary alicyclic amines) is 1. The Morgan fingerprint density at radius 1 is 1.16 bits per heavy atom. The molecular weight excluding hydrogens is 330 g/mol. The zero-order valence-electron chi connectivity index (χ0n) is 15.8. The molecule has 2 saturated heterocycles. The molecular formula is C20H31N3OS. The van der Waals surface area contributed by atoms with Gasteiger partial charge in [-0.05, 0) is 44.7 Å². The van der Waals surface area contributed by atoms with E-state index in [-0.39, 0.29) is 5.54 Å². The van der Waals surface area contributed by atoms with Gasteiger partial charge >= 0.3 is 0 Å². The predicted octanol–water partition coefficient (Wildman–Crippen LogP) is 2.93. The first-order valence-electron chi connectivity index (χ1n) is 9.41. The van der Waals surface area contributed by atoms with E-state index in [1.54, 1.807) is 0 Å². The normalized spacial score (nSPS) is 26.2. The SMILES string of the molecule is CCN1CC[C@@]2(CCC1=O)CN(Cc1ccccc1SC)CCN2C. The summed E-state index contributed by atoms with van der Waals surface area (Å²) >= 11 is 1.83. The molecule has 3 rings (SSSR count). The molecule has 1 atom stereocenters. The van der Waals surface area contributed by atoms with E-state index in [0.29, 0.717) is 12.3 Å². The standard InChI is InChI=1S/C20H31N3OS/c1-4-23-12-11-20(10-9-19(23)24)16-22(14-13-21(20)2)15-17-7-5-6-8-18(17)25-3/h5-8H,4,9-16H2,1-3H3/t20-/m0/s1. The third-order valence-corrected chi connectivity index (χ3v) is 6.89. The van der Waals surface area contributed by atoms with E-state index in [4.69, 9.17) is 0 Å². The average molecular weight is 362 g/mol. The lowest BCUT2D eigenvalue weighted by Crippen LogP contribution is -2.60. The van der Waals surface area contributed by atoms with Gasteiger partial charge in [-0.1, -0.05) is 18.2 Å². The fourth-order valence-electron chi connectivity index (χ4n) is 4.32. The summed E-state index contributed by atoms with van der Waals surface area (Å²) in [6.07, 6.45) is 4.91. The molecule has 2 aliphatic heterocycles. The Labute approximate surface area is 156 Å². The van der Waals surface area contributed by atoms with Crippen LogP contribution in [0.25, 0.3) is 0 Å². The highest BCUT2D eigenvalue weighted by molar-refractivity contribution is 7.98. The van der Waals surface area contributed by atoms with Crippen molar-refractivity contribution < 1.29 is 4.79 Å². The van der Waals surface area contributed by atoms with Crippen molar-refractivity contribution in [3.63, 3.8) is 0 Å². The van der Waals surface area contributed by atoms with Gasteiger partial charge in [-0.2, -0.15) is 0 Å². The molecule has 0 unspecified atom stereocenters. The first-order valence-corrected chi connectivity index (χ1v) is 10.6. The van der Waals surface area contributed by atoms with Crippen LogP contribution in [0.5, 0.6) is 0 Å². The van der Waals surface area contributed by atoms with Gasteiger partial charge in [0.05, 0.1) is 0 Å². The average Bonchev–Trinajstić information content (AvgIpc) is 2.79. The minimum Gasteiger partial charge on any atom is -0.343 e. The number of piperazine rings is 1. The Hall–Kier alpha value is -1.04. The lowest BCUT2D eigenvalue weighted by Gasteiger charge is -2.49. The predicted molar refractivity (Wildman–Crippen MR) is 105 cm³/mol. The summed E-state index contributed by atoms with van der Waals surface area (Å²) in [5.41, 5.74) is 1.57. The number of likely N-dealkylation sites (N-methyl/N-ethyl adjacent to an activating group) is 1. The number of thioether (sulfide) groups is 1. The molecule has 2 heterocycles. The number of hydrogen-bond donors (Lipinski definition) is 0. The van der Waals surface area contributed by atoms with Crippen molar-refractivity contribution in [3.05, 3.63) is 29.8 Å². The molecule has 0 aliphatic carbocycles. The molecule has 0 N–H and O–H groups in total. The lowest BCUT2D eigenvalue weighted by atomic mass is 9.86. The molecule has 0 saturated carbocycles. The zero-order valence-corrected chi connectivity index (χ0v) is 16.6. The fraction of sp³-hybridized carbons (Fsp3) is 0.650. The maximum Gasteiger partial charge on any atom is 0.222 e. The van der Waals surface area contributed by atoms with Crippen LogP contribution < -0.4 is 0 Å². The smallest absolute Gasteiger partial charge is 0.222 e. The van der Waals surface area contributed by atoms with Gasteiger partial charge in [0, 0.05) is 56.1 Å². The topological polar surface area (TPSA) is 26.8 Å². The number of benzene rings is 1. The van der Waals surface area contributed by atoms with Crippen molar-refractivity contribution in [2.45, 2.75) is 43.2 Å². The zero-order chi connectivity index (χ0) is 17.9.